The third-order valence-electron chi connectivity index (χ3n) is 12.9. The van der Waals surface area contributed by atoms with Crippen molar-refractivity contribution < 1.29 is 33.4 Å². The number of carbonyl (C=O) groups excluding carboxylic acids is 5. The van der Waals surface area contributed by atoms with Gasteiger partial charge in [-0.2, -0.15) is 4.99 Å². The molecule has 1 saturated carbocycles. The molecule has 2 aliphatic heterocycles. The molecule has 3 fully saturated rings. The Labute approximate surface area is 355 Å². The average Bonchev–Trinajstić information content (AvgIpc) is 4.11. The van der Waals surface area contributed by atoms with Crippen LogP contribution in [0.3, 0.4) is 0 Å². The smallest absolute Gasteiger partial charge is 0.433 e. The summed E-state index contributed by atoms with van der Waals surface area (Å²) >= 11 is 0. The first-order valence-corrected chi connectivity index (χ1v) is 21.4. The van der Waals surface area contributed by atoms with Crippen molar-refractivity contribution in [2.45, 2.75) is 96.7 Å². The lowest BCUT2D eigenvalue weighted by molar-refractivity contribution is -0.135. The second-order valence-electron chi connectivity index (χ2n) is 17.3. The summed E-state index contributed by atoms with van der Waals surface area (Å²) in [5.41, 5.74) is 8.47. The van der Waals surface area contributed by atoms with Gasteiger partial charge in [0.1, 0.15) is 29.2 Å². The Morgan fingerprint density at radius 2 is 1.41 bits per heavy atom. The third-order valence-corrected chi connectivity index (χ3v) is 12.9. The predicted molar refractivity (Wildman–Crippen MR) is 227 cm³/mol. The summed E-state index contributed by atoms with van der Waals surface area (Å²) in [6.45, 7) is 8.57. The summed E-state index contributed by atoms with van der Waals surface area (Å²) < 4.78 is 9.50. The maximum atomic E-state index is 13.7. The number of aliphatic imine (C=N–C) groups is 1. The van der Waals surface area contributed by atoms with E-state index in [0.29, 0.717) is 43.4 Å². The first kappa shape index (κ1) is 41.6. The number of hydrogen-bond donors (Lipinski definition) is 3. The Kier molecular flexibility index (Phi) is 11.7. The molecule has 4 aliphatic rings. The van der Waals surface area contributed by atoms with Crippen LogP contribution in [-0.2, 0) is 30.3 Å². The summed E-state index contributed by atoms with van der Waals surface area (Å²) in [7, 11) is 2.53. The van der Waals surface area contributed by atoms with E-state index in [1.165, 1.54) is 25.3 Å². The molecule has 8 rings (SSSR count). The molecule has 5 atom stereocenters. The SMILES string of the molecule is COC(=O)/N=C(/C(=O)N1CCC[C@H]1c1ncc(-c2ccc(-c3ccc(-c4cnc([C@@H]5CCCN5C(=O)[C@@H](NC(=O)OC)C(C)C)[nH]4)cc3)c3c2CC2CC(=O)CC32)[nH]1)C(C)C. The molecule has 0 bridgehead atoms. The number of rotatable bonds is 10. The minimum atomic E-state index is -0.796. The molecule has 15 nitrogen and oxygen atoms in total. The number of fused-ring (bicyclic) bond motifs is 3. The molecule has 2 unspecified atom stereocenters. The van der Waals surface area contributed by atoms with Crippen LogP contribution in [0.25, 0.3) is 33.6 Å². The summed E-state index contributed by atoms with van der Waals surface area (Å²) in [5, 5.41) is 2.70. The Balaban J connectivity index is 1.04. The molecule has 2 aromatic carbocycles. The monoisotopic (exact) mass is 830 g/mol. The van der Waals surface area contributed by atoms with Gasteiger partial charge in [-0.1, -0.05) is 64.1 Å². The van der Waals surface area contributed by atoms with Crippen LogP contribution in [0.15, 0.2) is 53.8 Å². The number of imidazole rings is 2. The highest BCUT2D eigenvalue weighted by Crippen LogP contribution is 2.53. The number of nitrogens with zero attached hydrogens (tertiary/aromatic N) is 5. The van der Waals surface area contributed by atoms with Gasteiger partial charge in [0.05, 0.1) is 50.1 Å². The number of Topliss-reactive ketones (excluding diaryl/α,β-unsaturated/α-hetero) is 1. The minimum absolute atomic E-state index is 0.123. The lowest BCUT2D eigenvalue weighted by atomic mass is 9.87. The number of aromatic nitrogens is 4. The summed E-state index contributed by atoms with van der Waals surface area (Å²) in [6.07, 6.45) is 7.23. The number of H-pyrrole nitrogens is 2. The van der Waals surface area contributed by atoms with Crippen LogP contribution in [0, 0.1) is 17.8 Å². The zero-order valence-corrected chi connectivity index (χ0v) is 35.6. The molecule has 15 heteroatoms. The second-order valence-corrected chi connectivity index (χ2v) is 17.3. The molecule has 2 saturated heterocycles. The van der Waals surface area contributed by atoms with Gasteiger partial charge in [0.2, 0.25) is 5.91 Å². The molecule has 3 N–H and O–H groups in total. The highest BCUT2D eigenvalue weighted by atomic mass is 16.5. The highest BCUT2D eigenvalue weighted by molar-refractivity contribution is 6.40. The van der Waals surface area contributed by atoms with E-state index in [-0.39, 0.29) is 53.3 Å². The number of nitrogens with one attached hydrogen (secondary N) is 3. The molecule has 0 spiro atoms. The van der Waals surface area contributed by atoms with Crippen molar-refractivity contribution >= 4 is 35.5 Å². The van der Waals surface area contributed by atoms with Crippen LogP contribution in [0.4, 0.5) is 9.59 Å². The third kappa shape index (κ3) is 7.97. The number of benzene rings is 2. The molecule has 61 heavy (non-hydrogen) atoms. The maximum Gasteiger partial charge on any atom is 0.433 e. The zero-order valence-electron chi connectivity index (χ0n) is 35.6. The number of likely N-dealkylation sites (tertiary alicyclic amines) is 2. The summed E-state index contributed by atoms with van der Waals surface area (Å²) in [6, 6.07) is 11.4. The number of ether oxygens (including phenoxy) is 2. The zero-order chi connectivity index (χ0) is 43.1. The fourth-order valence-corrected chi connectivity index (χ4v) is 9.88. The molecule has 2 aliphatic carbocycles. The Hall–Kier alpha value is -6.12. The lowest BCUT2D eigenvalue weighted by Gasteiger charge is -2.30. The maximum absolute atomic E-state index is 13.7. The Morgan fingerprint density at radius 3 is 2.07 bits per heavy atom. The van der Waals surface area contributed by atoms with Gasteiger partial charge in [-0.05, 0) is 77.7 Å². The molecular formula is C46H54N8O7. The normalized spacial score (nSPS) is 21.6. The highest BCUT2D eigenvalue weighted by Gasteiger charge is 2.43. The van der Waals surface area contributed by atoms with E-state index >= 15 is 0 Å². The largest absolute Gasteiger partial charge is 0.453 e. The van der Waals surface area contributed by atoms with E-state index in [9.17, 15) is 24.0 Å². The number of alkyl carbamates (subject to hydrolysis) is 1. The first-order chi connectivity index (χ1) is 29.4. The molecule has 4 amide bonds. The average molecular weight is 831 g/mol. The van der Waals surface area contributed by atoms with Gasteiger partial charge in [0, 0.05) is 37.4 Å². The van der Waals surface area contributed by atoms with E-state index in [4.69, 9.17) is 19.4 Å². The number of aromatic amines is 2. The van der Waals surface area contributed by atoms with Crippen molar-refractivity contribution in [2.75, 3.05) is 27.3 Å². The molecule has 2 aromatic heterocycles. The van der Waals surface area contributed by atoms with Crippen molar-refractivity contribution in [3.8, 4) is 33.6 Å². The van der Waals surface area contributed by atoms with Crippen LogP contribution in [0.1, 0.15) is 107 Å². The van der Waals surface area contributed by atoms with Gasteiger partial charge < -0.3 is 34.6 Å². The van der Waals surface area contributed by atoms with Crippen LogP contribution in [0.2, 0.25) is 0 Å². The Bertz CT molecular complexity index is 2380. The van der Waals surface area contributed by atoms with E-state index < -0.39 is 18.2 Å². The van der Waals surface area contributed by atoms with Gasteiger partial charge in [-0.15, -0.1) is 0 Å². The number of ketones is 1. The van der Waals surface area contributed by atoms with Gasteiger partial charge in [0.25, 0.3) is 5.91 Å². The van der Waals surface area contributed by atoms with Crippen molar-refractivity contribution in [1.29, 1.82) is 0 Å². The van der Waals surface area contributed by atoms with Gasteiger partial charge in [-0.25, -0.2) is 19.6 Å². The Morgan fingerprint density at radius 1 is 0.787 bits per heavy atom. The predicted octanol–water partition coefficient (Wildman–Crippen LogP) is 7.32. The van der Waals surface area contributed by atoms with Crippen LogP contribution >= 0.6 is 0 Å². The topological polar surface area (TPSA) is 192 Å². The van der Waals surface area contributed by atoms with Crippen molar-refractivity contribution in [2.24, 2.45) is 22.7 Å². The van der Waals surface area contributed by atoms with Crippen molar-refractivity contribution in [1.82, 2.24) is 35.1 Å². The van der Waals surface area contributed by atoms with Crippen LogP contribution < -0.4 is 5.32 Å². The lowest BCUT2D eigenvalue weighted by Crippen LogP contribution is -2.51. The number of carbonyl (C=O) groups is 5. The van der Waals surface area contributed by atoms with Gasteiger partial charge in [0.15, 0.2) is 0 Å². The summed E-state index contributed by atoms with van der Waals surface area (Å²) in [4.78, 5) is 88.3. The van der Waals surface area contributed by atoms with Gasteiger partial charge in [-0.3, -0.25) is 14.4 Å². The second kappa shape index (κ2) is 17.1. The number of hydrogen-bond acceptors (Lipinski definition) is 9. The number of amides is 4. The molecular weight excluding hydrogens is 777 g/mol. The fourth-order valence-electron chi connectivity index (χ4n) is 9.88. The van der Waals surface area contributed by atoms with E-state index in [2.05, 4.69) is 56.7 Å². The fraction of sp³-hybridized carbons (Fsp3) is 0.478. The van der Waals surface area contributed by atoms with Crippen LogP contribution in [0.5, 0.6) is 0 Å². The quantitative estimate of drug-likeness (QED) is 0.137. The van der Waals surface area contributed by atoms with Crippen LogP contribution in [-0.4, -0.2) is 98.6 Å². The summed E-state index contributed by atoms with van der Waals surface area (Å²) in [5.74, 6) is 1.24. The van der Waals surface area contributed by atoms with Gasteiger partial charge >= 0.3 is 12.2 Å². The molecule has 4 aromatic rings. The molecule has 4 heterocycles. The standard InChI is InChI=1S/C46H54N8O7/c1-24(2)39(51-45(58)60-5)43(56)53-17-7-9-36(53)41-47-22-34(49-41)27-13-11-26(12-14-27)30-15-16-31(33-20-28-19-29(55)21-32(28)38(30)33)35-23-48-42(50-35)37-10-8-18-54(37)44(57)40(25(3)4)52-46(59)61-6/h11-16,22-25,28,32,36-37,39H,7-10,17-21H2,1-6H3,(H,47,49)(H,48,50)(H,51,58)/b52-40+/t28?,32?,36-,37-,39-/m0/s1. The molecule has 0 radical (unpaired) electrons. The first-order valence-electron chi connectivity index (χ1n) is 21.4. The van der Waals surface area contributed by atoms with E-state index in [1.807, 2.05) is 33.9 Å². The minimum Gasteiger partial charge on any atom is -0.453 e. The number of methoxy groups -OCH3 is 2. The van der Waals surface area contributed by atoms with Crippen molar-refractivity contribution in [3.05, 3.63) is 71.6 Å². The van der Waals surface area contributed by atoms with E-state index in [1.54, 1.807) is 16.0 Å². The van der Waals surface area contributed by atoms with E-state index in [0.717, 1.165) is 65.7 Å². The van der Waals surface area contributed by atoms with Crippen molar-refractivity contribution in [3.63, 3.8) is 0 Å². The molecule has 320 valence electrons.